The lowest BCUT2D eigenvalue weighted by Gasteiger charge is -2.41. The average Bonchev–Trinajstić information content (AvgIpc) is 3.52. The fourth-order valence-electron chi connectivity index (χ4n) is 10.7. The number of fused-ring (bicyclic) bond motifs is 5. The van der Waals surface area contributed by atoms with Crippen LogP contribution in [0.2, 0.25) is 0 Å². The highest BCUT2D eigenvalue weighted by molar-refractivity contribution is 6.99. The van der Waals surface area contributed by atoms with Gasteiger partial charge in [-0.2, -0.15) is 0 Å². The van der Waals surface area contributed by atoms with E-state index in [9.17, 15) is 0 Å². The highest BCUT2D eigenvalue weighted by Crippen LogP contribution is 2.55. The molecule has 0 saturated heterocycles. The number of hydrogen-bond acceptors (Lipinski definition) is 0. The third-order valence-corrected chi connectivity index (χ3v) is 12.5. The summed E-state index contributed by atoms with van der Waals surface area (Å²) in [5, 5.41) is 8.04. The molecular weight excluding hydrogens is 625 g/mol. The Morgan fingerprint density at radius 1 is 0.500 bits per heavy atom. The van der Waals surface area contributed by atoms with Crippen LogP contribution in [0.3, 0.4) is 0 Å². The first kappa shape index (κ1) is 29.8. The van der Waals surface area contributed by atoms with Crippen LogP contribution in [-0.4, -0.2) is 11.3 Å². The quantitative estimate of drug-likeness (QED) is 0.166. The SMILES string of the molecule is Cc1cc(C)c(B2c3cccc4c3-n3c5c2c(-c2ccccc2)c2ccccc2c5c2c5ccccc5c(-c5ccccc5)c(c23)C4(C)C)c(C)c1. The van der Waals surface area contributed by atoms with Crippen molar-refractivity contribution in [3.63, 3.8) is 0 Å². The van der Waals surface area contributed by atoms with Crippen molar-refractivity contribution in [1.82, 2.24) is 4.57 Å². The van der Waals surface area contributed by atoms with E-state index in [-0.39, 0.29) is 12.1 Å². The molecule has 0 fully saturated rings. The maximum atomic E-state index is 2.73. The van der Waals surface area contributed by atoms with Gasteiger partial charge < -0.3 is 4.57 Å². The number of aromatic nitrogens is 1. The number of para-hydroxylation sites is 1. The van der Waals surface area contributed by atoms with Crippen molar-refractivity contribution in [2.24, 2.45) is 0 Å². The maximum absolute atomic E-state index is 2.73. The van der Waals surface area contributed by atoms with E-state index in [1.807, 2.05) is 0 Å². The minimum Gasteiger partial charge on any atom is -0.310 e. The Hall–Kier alpha value is -5.86. The molecule has 0 bridgehead atoms. The smallest absolute Gasteiger partial charge is 0.248 e. The van der Waals surface area contributed by atoms with Crippen LogP contribution in [0, 0.1) is 20.8 Å². The van der Waals surface area contributed by atoms with E-state index in [4.69, 9.17) is 0 Å². The zero-order valence-corrected chi connectivity index (χ0v) is 30.3. The van der Waals surface area contributed by atoms with Crippen LogP contribution in [-0.2, 0) is 5.41 Å². The van der Waals surface area contributed by atoms with Crippen LogP contribution in [0.5, 0.6) is 0 Å². The van der Waals surface area contributed by atoms with Crippen LogP contribution in [0.1, 0.15) is 41.7 Å². The molecule has 3 heterocycles. The molecule has 0 radical (unpaired) electrons. The second-order valence-electron chi connectivity index (χ2n) is 15.8. The largest absolute Gasteiger partial charge is 0.310 e. The molecule has 11 rings (SSSR count). The number of hydrogen-bond donors (Lipinski definition) is 0. The molecule has 0 atom stereocenters. The third kappa shape index (κ3) is 3.65. The van der Waals surface area contributed by atoms with Crippen LogP contribution in [0.15, 0.2) is 140 Å². The number of aryl methyl sites for hydroxylation is 3. The minimum atomic E-state index is -0.263. The van der Waals surface area contributed by atoms with Gasteiger partial charge in [0.2, 0.25) is 6.71 Å². The van der Waals surface area contributed by atoms with E-state index in [2.05, 4.69) is 179 Å². The molecule has 8 aromatic carbocycles. The van der Waals surface area contributed by atoms with Crippen molar-refractivity contribution in [1.29, 1.82) is 0 Å². The van der Waals surface area contributed by atoms with Crippen molar-refractivity contribution in [2.45, 2.75) is 40.0 Å². The van der Waals surface area contributed by atoms with Crippen LogP contribution in [0.4, 0.5) is 0 Å². The third-order valence-electron chi connectivity index (χ3n) is 12.5. The van der Waals surface area contributed by atoms with Crippen LogP contribution in [0.25, 0.3) is 71.3 Å². The molecule has 9 aromatic rings. The summed E-state index contributed by atoms with van der Waals surface area (Å²) >= 11 is 0. The van der Waals surface area contributed by atoms with Gasteiger partial charge in [0.25, 0.3) is 0 Å². The molecule has 2 heteroatoms. The molecule has 0 unspecified atom stereocenters. The van der Waals surface area contributed by atoms with Crippen LogP contribution < -0.4 is 16.4 Å². The first-order chi connectivity index (χ1) is 25.4. The predicted octanol–water partition coefficient (Wildman–Crippen LogP) is 10.8. The first-order valence-corrected chi connectivity index (χ1v) is 18.7. The Kier molecular flexibility index (Phi) is 5.94. The summed E-state index contributed by atoms with van der Waals surface area (Å²) in [5.74, 6) is 0. The van der Waals surface area contributed by atoms with Gasteiger partial charge in [-0.15, -0.1) is 0 Å². The summed E-state index contributed by atoms with van der Waals surface area (Å²) in [6.07, 6.45) is 0. The fraction of sp³-hybridized carbons (Fsp3) is 0.120. The molecule has 0 amide bonds. The second kappa shape index (κ2) is 10.4. The zero-order chi connectivity index (χ0) is 35.0. The summed E-state index contributed by atoms with van der Waals surface area (Å²) in [7, 11) is 0. The van der Waals surface area contributed by atoms with E-state index in [1.54, 1.807) is 0 Å². The van der Waals surface area contributed by atoms with Crippen molar-refractivity contribution in [3.8, 4) is 27.9 Å². The van der Waals surface area contributed by atoms with E-state index in [1.165, 1.54) is 115 Å². The van der Waals surface area contributed by atoms with Crippen molar-refractivity contribution in [3.05, 3.63) is 167 Å². The number of nitrogens with zero attached hydrogens (tertiary/aromatic N) is 1. The average molecular weight is 664 g/mol. The highest BCUT2D eigenvalue weighted by Gasteiger charge is 2.46. The molecule has 1 aromatic heterocycles. The van der Waals surface area contributed by atoms with Gasteiger partial charge >= 0.3 is 0 Å². The van der Waals surface area contributed by atoms with Gasteiger partial charge in [0.15, 0.2) is 0 Å². The Bertz CT molecular complexity index is 2980. The van der Waals surface area contributed by atoms with Gasteiger partial charge in [-0.1, -0.05) is 176 Å². The van der Waals surface area contributed by atoms with E-state index >= 15 is 0 Å². The molecule has 2 aliphatic heterocycles. The van der Waals surface area contributed by atoms with Gasteiger partial charge in [0.1, 0.15) is 0 Å². The van der Waals surface area contributed by atoms with Gasteiger partial charge in [0.05, 0.1) is 11.0 Å². The second-order valence-corrected chi connectivity index (χ2v) is 15.8. The number of rotatable bonds is 3. The summed E-state index contributed by atoms with van der Waals surface area (Å²) in [6.45, 7) is 11.9. The van der Waals surface area contributed by atoms with Gasteiger partial charge in [-0.3, -0.25) is 0 Å². The monoisotopic (exact) mass is 663 g/mol. The Balaban J connectivity index is 1.51. The molecule has 2 aliphatic rings. The molecule has 0 saturated carbocycles. The predicted molar refractivity (Wildman–Crippen MR) is 224 cm³/mol. The van der Waals surface area contributed by atoms with Gasteiger partial charge in [-0.25, -0.2) is 0 Å². The lowest BCUT2D eigenvalue weighted by atomic mass is 9.33. The normalized spacial score (nSPS) is 14.0. The standard InChI is InChI=1S/C50H38BN/c1-29-27-30(2)45(31(3)28-29)51-39-26-16-25-38-47(39)52-48-42(36-23-14-12-21-34(36)40(44(48)50(38,4)5)32-17-8-6-9-18-32)43-37-24-15-13-22-35(37)41(46(51)49(43)52)33-19-10-7-11-20-33/h6-28H,1-5H3. The van der Waals surface area contributed by atoms with Gasteiger partial charge in [0, 0.05) is 21.9 Å². The molecule has 0 N–H and O–H groups in total. The van der Waals surface area contributed by atoms with E-state index in [0.29, 0.717) is 0 Å². The fourth-order valence-corrected chi connectivity index (χ4v) is 10.7. The Labute approximate surface area is 305 Å². The molecule has 52 heavy (non-hydrogen) atoms. The summed E-state index contributed by atoms with van der Waals surface area (Å²) in [4.78, 5) is 0. The molecule has 246 valence electrons. The summed E-state index contributed by atoms with van der Waals surface area (Å²) < 4.78 is 2.73. The maximum Gasteiger partial charge on any atom is 0.248 e. The highest BCUT2D eigenvalue weighted by atomic mass is 15.0. The molecule has 1 nitrogen and oxygen atoms in total. The van der Waals surface area contributed by atoms with E-state index < -0.39 is 0 Å². The Morgan fingerprint density at radius 2 is 1.02 bits per heavy atom. The lowest BCUT2D eigenvalue weighted by molar-refractivity contribution is 0.633. The van der Waals surface area contributed by atoms with Gasteiger partial charge in [-0.05, 0) is 86.6 Å². The molecular formula is C50H38BN. The zero-order valence-electron chi connectivity index (χ0n) is 30.3. The topological polar surface area (TPSA) is 4.93 Å². The molecule has 0 spiro atoms. The minimum absolute atomic E-state index is 0.0619. The van der Waals surface area contributed by atoms with Crippen molar-refractivity contribution >= 4 is 66.5 Å². The van der Waals surface area contributed by atoms with Crippen molar-refractivity contribution < 1.29 is 0 Å². The van der Waals surface area contributed by atoms with E-state index in [0.717, 1.165) is 0 Å². The summed E-state index contributed by atoms with van der Waals surface area (Å²) in [6, 6.07) is 52.7. The Morgan fingerprint density at radius 3 is 1.63 bits per heavy atom. The van der Waals surface area contributed by atoms with Crippen molar-refractivity contribution in [2.75, 3.05) is 0 Å². The summed E-state index contributed by atoms with van der Waals surface area (Å²) in [5.41, 5.74) is 20.2. The first-order valence-electron chi connectivity index (χ1n) is 18.7. The molecule has 0 aliphatic carbocycles. The lowest BCUT2D eigenvalue weighted by Crippen LogP contribution is -2.59. The van der Waals surface area contributed by atoms with Crippen LogP contribution >= 0.6 is 0 Å². The number of benzene rings is 8.